The number of rotatable bonds is 7. The van der Waals surface area contributed by atoms with Crippen molar-refractivity contribution in [3.63, 3.8) is 0 Å². The third-order valence-corrected chi connectivity index (χ3v) is 3.66. The summed E-state index contributed by atoms with van der Waals surface area (Å²) in [7, 11) is 0. The van der Waals surface area contributed by atoms with Gasteiger partial charge in [-0.2, -0.15) is 0 Å². The van der Waals surface area contributed by atoms with E-state index < -0.39 is 5.97 Å². The Morgan fingerprint density at radius 2 is 2.06 bits per heavy atom. The van der Waals surface area contributed by atoms with E-state index in [1.165, 1.54) is 0 Å². The molecule has 0 saturated heterocycles. The summed E-state index contributed by atoms with van der Waals surface area (Å²) in [4.78, 5) is 11.0. The highest BCUT2D eigenvalue weighted by molar-refractivity contribution is 5.89. The van der Waals surface area contributed by atoms with Gasteiger partial charge >= 0.3 is 5.97 Å². The number of benzene rings is 1. The maximum Gasteiger partial charge on any atom is 0.336 e. The molecule has 0 amide bonds. The molecule has 1 aliphatic carbocycles. The highest BCUT2D eigenvalue weighted by atomic mass is 16.4. The van der Waals surface area contributed by atoms with E-state index >= 15 is 0 Å². The van der Waals surface area contributed by atoms with Crippen LogP contribution in [-0.4, -0.2) is 29.3 Å². The number of aliphatic hydroxyl groups excluding tert-OH is 1. The normalized spacial score (nSPS) is 16.5. The molecule has 0 bridgehead atoms. The summed E-state index contributed by atoms with van der Waals surface area (Å²) in [5.74, 6) is -0.885. The summed E-state index contributed by atoms with van der Waals surface area (Å²) in [6.45, 7) is 1.64. The zero-order valence-electron chi connectivity index (χ0n) is 10.4. The second kappa shape index (κ2) is 5.50. The summed E-state index contributed by atoms with van der Waals surface area (Å²) < 4.78 is 0. The second-order valence-electron chi connectivity index (χ2n) is 5.04. The molecule has 0 spiro atoms. The van der Waals surface area contributed by atoms with Crippen molar-refractivity contribution >= 4 is 5.97 Å². The molecule has 18 heavy (non-hydrogen) atoms. The maximum absolute atomic E-state index is 11.0. The molecule has 0 heterocycles. The molecule has 3 N–H and O–H groups in total. The largest absolute Gasteiger partial charge is 0.478 e. The number of aromatic carboxylic acids is 1. The molecule has 4 nitrogen and oxygen atoms in total. The van der Waals surface area contributed by atoms with E-state index in [9.17, 15) is 4.79 Å². The van der Waals surface area contributed by atoms with E-state index in [2.05, 4.69) is 5.32 Å². The minimum absolute atomic E-state index is 0.230. The van der Waals surface area contributed by atoms with Crippen LogP contribution >= 0.6 is 0 Å². The number of hydrogen-bond acceptors (Lipinski definition) is 3. The predicted molar refractivity (Wildman–Crippen MR) is 68.5 cm³/mol. The molecule has 98 valence electrons. The lowest BCUT2D eigenvalue weighted by molar-refractivity contribution is 0.0695. The molecule has 0 radical (unpaired) electrons. The zero-order chi connectivity index (χ0) is 13.0. The summed E-state index contributed by atoms with van der Waals surface area (Å²) in [5.41, 5.74) is 1.43. The van der Waals surface area contributed by atoms with Crippen LogP contribution in [-0.2, 0) is 6.54 Å². The molecule has 1 aromatic rings. The first-order valence-electron chi connectivity index (χ1n) is 6.30. The minimum Gasteiger partial charge on any atom is -0.478 e. The highest BCUT2D eigenvalue weighted by Crippen LogP contribution is 2.47. The lowest BCUT2D eigenvalue weighted by Gasteiger charge is -2.15. The van der Waals surface area contributed by atoms with E-state index in [4.69, 9.17) is 10.2 Å². The molecule has 1 aliphatic rings. The van der Waals surface area contributed by atoms with Gasteiger partial charge in [0.05, 0.1) is 5.56 Å². The Morgan fingerprint density at radius 3 is 2.67 bits per heavy atom. The summed E-state index contributed by atoms with van der Waals surface area (Å²) in [6.07, 6.45) is 3.14. The molecule has 2 rings (SSSR count). The first-order valence-corrected chi connectivity index (χ1v) is 6.30. The van der Waals surface area contributed by atoms with Gasteiger partial charge in [0.1, 0.15) is 0 Å². The summed E-state index contributed by atoms with van der Waals surface area (Å²) >= 11 is 0. The Balaban J connectivity index is 1.89. The lowest BCUT2D eigenvalue weighted by Crippen LogP contribution is -2.25. The van der Waals surface area contributed by atoms with Gasteiger partial charge in [-0.15, -0.1) is 0 Å². The maximum atomic E-state index is 11.0. The number of hydrogen-bond donors (Lipinski definition) is 3. The van der Waals surface area contributed by atoms with Crippen LogP contribution < -0.4 is 5.32 Å². The van der Waals surface area contributed by atoms with Crippen LogP contribution in [0.15, 0.2) is 24.3 Å². The van der Waals surface area contributed by atoms with Crippen molar-refractivity contribution in [1.82, 2.24) is 5.32 Å². The van der Waals surface area contributed by atoms with E-state index in [0.29, 0.717) is 12.1 Å². The van der Waals surface area contributed by atoms with Crippen LogP contribution in [0.1, 0.15) is 35.2 Å². The third kappa shape index (κ3) is 3.09. The van der Waals surface area contributed by atoms with Crippen molar-refractivity contribution in [3.05, 3.63) is 35.4 Å². The first kappa shape index (κ1) is 13.1. The number of nitrogens with one attached hydrogen (secondary N) is 1. The Hall–Kier alpha value is -1.39. The van der Waals surface area contributed by atoms with E-state index in [1.54, 1.807) is 12.1 Å². The van der Waals surface area contributed by atoms with Crippen molar-refractivity contribution in [3.8, 4) is 0 Å². The average molecular weight is 249 g/mol. The fourth-order valence-electron chi connectivity index (χ4n) is 2.27. The smallest absolute Gasteiger partial charge is 0.336 e. The quantitative estimate of drug-likeness (QED) is 0.687. The Kier molecular flexibility index (Phi) is 3.99. The predicted octanol–water partition coefficient (Wildman–Crippen LogP) is 1.64. The van der Waals surface area contributed by atoms with Crippen molar-refractivity contribution in [2.75, 3.05) is 13.2 Å². The van der Waals surface area contributed by atoms with Gasteiger partial charge in [0.2, 0.25) is 0 Å². The average Bonchev–Trinajstić information content (AvgIpc) is 3.10. The van der Waals surface area contributed by atoms with Crippen molar-refractivity contribution < 1.29 is 15.0 Å². The highest BCUT2D eigenvalue weighted by Gasteiger charge is 2.41. The number of carbonyl (C=O) groups is 1. The Morgan fingerprint density at radius 1 is 1.33 bits per heavy atom. The van der Waals surface area contributed by atoms with Gasteiger partial charge in [-0.05, 0) is 36.3 Å². The fraction of sp³-hybridized carbons (Fsp3) is 0.500. The number of carboxylic acids is 1. The molecule has 0 aromatic heterocycles. The van der Waals surface area contributed by atoms with Crippen LogP contribution in [0.3, 0.4) is 0 Å². The summed E-state index contributed by atoms with van der Waals surface area (Å²) in [6, 6.07) is 7.05. The van der Waals surface area contributed by atoms with Crippen LogP contribution in [0.5, 0.6) is 0 Å². The lowest BCUT2D eigenvalue weighted by atomic mass is 10.0. The summed E-state index contributed by atoms with van der Waals surface area (Å²) in [5, 5.41) is 21.3. The molecule has 4 heteroatoms. The molecule has 1 saturated carbocycles. The monoisotopic (exact) mass is 249 g/mol. The topological polar surface area (TPSA) is 69.6 Å². The SMILES string of the molecule is O=C(O)c1ccccc1CNCC1(CCO)CC1. The number of carboxylic acid groups (broad SMARTS) is 1. The second-order valence-corrected chi connectivity index (χ2v) is 5.04. The Labute approximate surface area is 107 Å². The van der Waals surface area contributed by atoms with E-state index in [-0.39, 0.29) is 12.0 Å². The van der Waals surface area contributed by atoms with E-state index in [0.717, 1.165) is 31.4 Å². The number of aliphatic hydroxyl groups is 1. The molecule has 0 atom stereocenters. The van der Waals surface area contributed by atoms with Gasteiger partial charge in [0.15, 0.2) is 0 Å². The van der Waals surface area contributed by atoms with Crippen LogP contribution in [0.2, 0.25) is 0 Å². The molecule has 0 unspecified atom stereocenters. The van der Waals surface area contributed by atoms with Crippen LogP contribution in [0, 0.1) is 5.41 Å². The van der Waals surface area contributed by atoms with Gasteiger partial charge in [-0.25, -0.2) is 4.79 Å². The standard InChI is InChI=1S/C14H19NO3/c16-8-7-14(5-6-14)10-15-9-11-3-1-2-4-12(11)13(17)18/h1-4,15-16H,5-10H2,(H,17,18). The molecule has 1 fully saturated rings. The van der Waals surface area contributed by atoms with Crippen LogP contribution in [0.4, 0.5) is 0 Å². The van der Waals surface area contributed by atoms with Crippen molar-refractivity contribution in [1.29, 1.82) is 0 Å². The van der Waals surface area contributed by atoms with Crippen molar-refractivity contribution in [2.45, 2.75) is 25.8 Å². The fourth-order valence-corrected chi connectivity index (χ4v) is 2.27. The Bertz CT molecular complexity index is 427. The van der Waals surface area contributed by atoms with Crippen LogP contribution in [0.25, 0.3) is 0 Å². The molecular weight excluding hydrogens is 230 g/mol. The third-order valence-electron chi connectivity index (χ3n) is 3.66. The van der Waals surface area contributed by atoms with E-state index in [1.807, 2.05) is 12.1 Å². The van der Waals surface area contributed by atoms with Crippen molar-refractivity contribution in [2.24, 2.45) is 5.41 Å². The van der Waals surface area contributed by atoms with Gasteiger partial charge in [0.25, 0.3) is 0 Å². The zero-order valence-corrected chi connectivity index (χ0v) is 10.4. The first-order chi connectivity index (χ1) is 8.67. The van der Waals surface area contributed by atoms with Gasteiger partial charge < -0.3 is 15.5 Å². The van der Waals surface area contributed by atoms with Gasteiger partial charge in [0, 0.05) is 19.7 Å². The minimum atomic E-state index is -0.885. The molecular formula is C14H19NO3. The van der Waals surface area contributed by atoms with Gasteiger partial charge in [-0.1, -0.05) is 18.2 Å². The molecule has 0 aliphatic heterocycles. The molecule has 1 aromatic carbocycles. The van der Waals surface area contributed by atoms with Gasteiger partial charge in [-0.3, -0.25) is 0 Å².